The van der Waals surface area contributed by atoms with Gasteiger partial charge in [0.25, 0.3) is 0 Å². The number of amides is 1. The van der Waals surface area contributed by atoms with Gasteiger partial charge in [-0.2, -0.15) is 0 Å². The summed E-state index contributed by atoms with van der Waals surface area (Å²) in [6.07, 6.45) is 0. The highest BCUT2D eigenvalue weighted by Crippen LogP contribution is 2.12. The van der Waals surface area contributed by atoms with E-state index in [-0.39, 0.29) is 17.5 Å². The van der Waals surface area contributed by atoms with E-state index in [4.69, 9.17) is 0 Å². The van der Waals surface area contributed by atoms with Crippen molar-refractivity contribution in [1.29, 1.82) is 0 Å². The van der Waals surface area contributed by atoms with Crippen LogP contribution in [0.25, 0.3) is 0 Å². The van der Waals surface area contributed by atoms with E-state index in [1.165, 1.54) is 12.1 Å². The molecular weight excluding hydrogens is 289 g/mol. The number of benzene rings is 2. The van der Waals surface area contributed by atoms with Gasteiger partial charge in [0, 0.05) is 22.2 Å². The smallest absolute Gasteiger partial charge is 0.239 e. The molecule has 0 saturated heterocycles. The fourth-order valence-electron chi connectivity index (χ4n) is 1.80. The molecule has 0 bridgehead atoms. The van der Waals surface area contributed by atoms with Crippen molar-refractivity contribution in [3.63, 3.8) is 0 Å². The molecule has 1 amide bonds. The van der Waals surface area contributed by atoms with Gasteiger partial charge in [-0.05, 0) is 36.8 Å². The predicted octanol–water partition coefficient (Wildman–Crippen LogP) is 3.10. The minimum absolute atomic E-state index is 0.154. The van der Waals surface area contributed by atoms with Gasteiger partial charge in [-0.1, -0.05) is 30.3 Å². The number of carbonyl (C=O) groups excluding carboxylic acids is 1. The predicted molar refractivity (Wildman–Crippen MR) is 82.8 cm³/mol. The molecule has 2 rings (SSSR count). The van der Waals surface area contributed by atoms with Crippen molar-refractivity contribution >= 4 is 22.4 Å². The molecule has 0 radical (unpaired) electrons. The summed E-state index contributed by atoms with van der Waals surface area (Å²) >= 11 is 0. The van der Waals surface area contributed by atoms with Crippen molar-refractivity contribution in [2.75, 3.05) is 5.32 Å². The van der Waals surface area contributed by atoms with Crippen LogP contribution in [0.2, 0.25) is 0 Å². The van der Waals surface area contributed by atoms with Crippen molar-refractivity contribution in [1.82, 2.24) is 0 Å². The van der Waals surface area contributed by atoms with Crippen LogP contribution in [0.5, 0.6) is 0 Å². The Balaban J connectivity index is 1.97. The maximum atomic E-state index is 13.1. The molecule has 0 saturated carbocycles. The summed E-state index contributed by atoms with van der Waals surface area (Å²) in [6, 6.07) is 14.9. The van der Waals surface area contributed by atoms with E-state index in [0.717, 1.165) is 0 Å². The summed E-state index contributed by atoms with van der Waals surface area (Å²) < 4.78 is 25.3. The SMILES string of the molecule is C[C@@H](C(=O)Nc1ccccc1)[S@](=O)Cc1cccc(F)c1. The number of halogens is 1. The summed E-state index contributed by atoms with van der Waals surface area (Å²) in [5.41, 5.74) is 1.28. The molecular formula is C16H16FNO2S. The van der Waals surface area contributed by atoms with Gasteiger partial charge in [0.2, 0.25) is 5.91 Å². The molecule has 2 aromatic rings. The minimum atomic E-state index is -1.41. The number of nitrogens with one attached hydrogen (secondary N) is 1. The highest BCUT2D eigenvalue weighted by atomic mass is 32.2. The van der Waals surface area contributed by atoms with E-state index in [2.05, 4.69) is 5.32 Å². The van der Waals surface area contributed by atoms with Crippen molar-refractivity contribution in [3.8, 4) is 0 Å². The van der Waals surface area contributed by atoms with Crippen molar-refractivity contribution in [2.45, 2.75) is 17.9 Å². The van der Waals surface area contributed by atoms with E-state index >= 15 is 0 Å². The van der Waals surface area contributed by atoms with Gasteiger partial charge in [-0.25, -0.2) is 4.39 Å². The summed E-state index contributed by atoms with van der Waals surface area (Å²) in [5, 5.41) is 2.04. The molecule has 0 unspecified atom stereocenters. The van der Waals surface area contributed by atoms with Gasteiger partial charge < -0.3 is 5.32 Å². The van der Waals surface area contributed by atoms with Crippen LogP contribution in [0.1, 0.15) is 12.5 Å². The number of para-hydroxylation sites is 1. The zero-order valence-electron chi connectivity index (χ0n) is 11.6. The standard InChI is InChI=1S/C16H16FNO2S/c1-12(16(19)18-15-8-3-2-4-9-15)21(20)11-13-6-5-7-14(17)10-13/h2-10,12H,11H2,1H3,(H,18,19)/t12-,21+/m0/s1. The molecule has 0 aliphatic heterocycles. The quantitative estimate of drug-likeness (QED) is 0.922. The van der Waals surface area contributed by atoms with E-state index in [1.807, 2.05) is 18.2 Å². The number of carbonyl (C=O) groups is 1. The maximum absolute atomic E-state index is 13.1. The largest absolute Gasteiger partial charge is 0.325 e. The van der Waals surface area contributed by atoms with E-state index in [1.54, 1.807) is 31.2 Å². The third-order valence-electron chi connectivity index (χ3n) is 3.00. The van der Waals surface area contributed by atoms with Crippen LogP contribution in [0.3, 0.4) is 0 Å². The fourth-order valence-corrected chi connectivity index (χ4v) is 2.86. The lowest BCUT2D eigenvalue weighted by Crippen LogP contribution is -2.29. The molecule has 2 aromatic carbocycles. The minimum Gasteiger partial charge on any atom is -0.325 e. The van der Waals surface area contributed by atoms with Gasteiger partial charge in [-0.15, -0.1) is 0 Å². The van der Waals surface area contributed by atoms with Crippen LogP contribution in [0.4, 0.5) is 10.1 Å². The average Bonchev–Trinajstić information content (AvgIpc) is 2.47. The zero-order valence-corrected chi connectivity index (χ0v) is 12.4. The van der Waals surface area contributed by atoms with Crippen LogP contribution >= 0.6 is 0 Å². The van der Waals surface area contributed by atoms with Gasteiger partial charge in [0.15, 0.2) is 0 Å². The molecule has 1 N–H and O–H groups in total. The first-order chi connectivity index (χ1) is 10.1. The van der Waals surface area contributed by atoms with Crippen LogP contribution in [-0.4, -0.2) is 15.4 Å². The lowest BCUT2D eigenvalue weighted by atomic mass is 10.2. The normalized spacial score (nSPS) is 13.4. The van der Waals surface area contributed by atoms with Crippen LogP contribution < -0.4 is 5.32 Å². The van der Waals surface area contributed by atoms with Crippen molar-refractivity contribution in [3.05, 3.63) is 66.0 Å². The Morgan fingerprint density at radius 3 is 2.57 bits per heavy atom. The summed E-state index contributed by atoms with van der Waals surface area (Å²) in [7, 11) is -1.41. The molecule has 0 aliphatic rings. The van der Waals surface area contributed by atoms with Gasteiger partial charge in [0.05, 0.1) is 0 Å². The van der Waals surface area contributed by atoms with Crippen molar-refractivity contribution in [2.24, 2.45) is 0 Å². The van der Waals surface area contributed by atoms with E-state index < -0.39 is 16.0 Å². The third kappa shape index (κ3) is 4.49. The van der Waals surface area contributed by atoms with Gasteiger partial charge in [-0.3, -0.25) is 9.00 Å². The molecule has 3 nitrogen and oxygen atoms in total. The maximum Gasteiger partial charge on any atom is 0.239 e. The Kier molecular flexibility index (Phi) is 5.22. The van der Waals surface area contributed by atoms with E-state index in [9.17, 15) is 13.4 Å². The topological polar surface area (TPSA) is 46.2 Å². The number of anilines is 1. The number of rotatable bonds is 5. The van der Waals surface area contributed by atoms with Gasteiger partial charge >= 0.3 is 0 Å². The number of hydrogen-bond donors (Lipinski definition) is 1. The number of hydrogen-bond acceptors (Lipinski definition) is 2. The second-order valence-electron chi connectivity index (χ2n) is 4.65. The van der Waals surface area contributed by atoms with Crippen LogP contribution in [-0.2, 0) is 21.3 Å². The lowest BCUT2D eigenvalue weighted by molar-refractivity contribution is -0.115. The summed E-state index contributed by atoms with van der Waals surface area (Å²) in [4.78, 5) is 12.0. The van der Waals surface area contributed by atoms with Crippen LogP contribution in [0.15, 0.2) is 54.6 Å². The second-order valence-corrected chi connectivity index (χ2v) is 6.41. The Labute approximate surface area is 125 Å². The highest BCUT2D eigenvalue weighted by Gasteiger charge is 2.20. The Bertz CT molecular complexity index is 646. The molecule has 0 heterocycles. The molecule has 21 heavy (non-hydrogen) atoms. The lowest BCUT2D eigenvalue weighted by Gasteiger charge is -2.12. The molecule has 2 atom stereocenters. The Morgan fingerprint density at radius 2 is 1.90 bits per heavy atom. The third-order valence-corrected chi connectivity index (χ3v) is 4.62. The monoisotopic (exact) mass is 305 g/mol. The molecule has 0 fully saturated rings. The van der Waals surface area contributed by atoms with Gasteiger partial charge in [0.1, 0.15) is 11.1 Å². The highest BCUT2D eigenvalue weighted by molar-refractivity contribution is 7.85. The molecule has 0 aromatic heterocycles. The van der Waals surface area contributed by atoms with Crippen LogP contribution in [0, 0.1) is 5.82 Å². The molecule has 110 valence electrons. The molecule has 0 spiro atoms. The molecule has 0 aliphatic carbocycles. The zero-order chi connectivity index (χ0) is 15.2. The fraction of sp³-hybridized carbons (Fsp3) is 0.188. The first-order valence-corrected chi connectivity index (χ1v) is 7.92. The second kappa shape index (κ2) is 7.13. The van der Waals surface area contributed by atoms with Crippen molar-refractivity contribution < 1.29 is 13.4 Å². The first-order valence-electron chi connectivity index (χ1n) is 6.54. The molecule has 5 heteroatoms. The Hall–Kier alpha value is -2.01. The first kappa shape index (κ1) is 15.4. The van der Waals surface area contributed by atoms with E-state index in [0.29, 0.717) is 11.3 Å². The Morgan fingerprint density at radius 1 is 1.19 bits per heavy atom. The summed E-state index contributed by atoms with van der Waals surface area (Å²) in [5.74, 6) is -0.525. The average molecular weight is 305 g/mol. The summed E-state index contributed by atoms with van der Waals surface area (Å²) in [6.45, 7) is 1.60.